The standard InChI is InChI=1S/C13H19F2NO4/c1-17-2-3-18-4-5-19-6-7-20-12-9-10(14)8-11(15)13(12)16/h8-9H,2-7,16H2,1H3. The van der Waals surface area contributed by atoms with Crippen LogP contribution in [0.5, 0.6) is 5.75 Å². The van der Waals surface area contributed by atoms with Crippen molar-refractivity contribution in [1.82, 2.24) is 0 Å². The van der Waals surface area contributed by atoms with Crippen LogP contribution >= 0.6 is 0 Å². The molecule has 0 heterocycles. The maximum Gasteiger partial charge on any atom is 0.152 e. The number of anilines is 1. The van der Waals surface area contributed by atoms with E-state index in [1.54, 1.807) is 7.11 Å². The minimum Gasteiger partial charge on any atom is -0.489 e. The van der Waals surface area contributed by atoms with Gasteiger partial charge < -0.3 is 24.7 Å². The summed E-state index contributed by atoms with van der Waals surface area (Å²) in [6, 6.07) is 1.74. The number of ether oxygens (including phenoxy) is 4. The van der Waals surface area contributed by atoms with Crippen molar-refractivity contribution in [3.8, 4) is 5.75 Å². The summed E-state index contributed by atoms with van der Waals surface area (Å²) in [5, 5.41) is 0. The molecule has 0 fully saturated rings. The van der Waals surface area contributed by atoms with E-state index in [0.29, 0.717) is 32.5 Å². The van der Waals surface area contributed by atoms with E-state index in [1.165, 1.54) is 0 Å². The number of halogens is 2. The Morgan fingerprint density at radius 3 is 2.20 bits per heavy atom. The quantitative estimate of drug-likeness (QED) is 0.524. The number of nitrogens with two attached hydrogens (primary N) is 1. The average Bonchev–Trinajstić information content (AvgIpc) is 2.42. The largest absolute Gasteiger partial charge is 0.489 e. The van der Waals surface area contributed by atoms with Crippen LogP contribution < -0.4 is 10.5 Å². The molecule has 0 aliphatic rings. The molecule has 0 aromatic heterocycles. The minimum absolute atomic E-state index is 0.0255. The molecule has 2 N–H and O–H groups in total. The maximum atomic E-state index is 13.1. The zero-order chi connectivity index (χ0) is 14.8. The lowest BCUT2D eigenvalue weighted by Crippen LogP contribution is -2.13. The first-order valence-electron chi connectivity index (χ1n) is 6.17. The lowest BCUT2D eigenvalue weighted by Gasteiger charge is -2.10. The van der Waals surface area contributed by atoms with Gasteiger partial charge in [-0.2, -0.15) is 0 Å². The van der Waals surface area contributed by atoms with E-state index in [4.69, 9.17) is 24.7 Å². The zero-order valence-corrected chi connectivity index (χ0v) is 11.4. The highest BCUT2D eigenvalue weighted by Crippen LogP contribution is 2.25. The van der Waals surface area contributed by atoms with Gasteiger partial charge in [-0.05, 0) is 0 Å². The van der Waals surface area contributed by atoms with Crippen molar-refractivity contribution < 1.29 is 27.7 Å². The molecule has 20 heavy (non-hydrogen) atoms. The third kappa shape index (κ3) is 6.14. The second kappa shape index (κ2) is 9.46. The fraction of sp³-hybridized carbons (Fsp3) is 0.538. The second-order valence-electron chi connectivity index (χ2n) is 3.87. The summed E-state index contributed by atoms with van der Waals surface area (Å²) in [6.07, 6.45) is 0. The van der Waals surface area contributed by atoms with Crippen LogP contribution in [-0.2, 0) is 14.2 Å². The summed E-state index contributed by atoms with van der Waals surface area (Å²) in [4.78, 5) is 0. The van der Waals surface area contributed by atoms with Gasteiger partial charge in [-0.25, -0.2) is 8.78 Å². The van der Waals surface area contributed by atoms with Crippen LogP contribution in [0.15, 0.2) is 12.1 Å². The summed E-state index contributed by atoms with van der Waals surface area (Å²) in [6.45, 7) is 2.31. The smallest absolute Gasteiger partial charge is 0.152 e. The topological polar surface area (TPSA) is 62.9 Å². The number of hydrogen-bond acceptors (Lipinski definition) is 5. The summed E-state index contributed by atoms with van der Waals surface area (Å²) in [5.74, 6) is -1.60. The highest BCUT2D eigenvalue weighted by Gasteiger charge is 2.09. The third-order valence-electron chi connectivity index (χ3n) is 2.35. The molecular weight excluding hydrogens is 272 g/mol. The minimum atomic E-state index is -0.840. The first-order chi connectivity index (χ1) is 9.65. The Balaban J connectivity index is 2.13. The van der Waals surface area contributed by atoms with E-state index in [2.05, 4.69) is 0 Å². The molecule has 0 bridgehead atoms. The number of nitrogen functional groups attached to an aromatic ring is 1. The lowest BCUT2D eigenvalue weighted by atomic mass is 10.3. The van der Waals surface area contributed by atoms with E-state index >= 15 is 0 Å². The van der Waals surface area contributed by atoms with Gasteiger partial charge in [0.05, 0.1) is 33.0 Å². The molecule has 1 aromatic rings. The van der Waals surface area contributed by atoms with Gasteiger partial charge in [-0.3, -0.25) is 0 Å². The molecule has 5 nitrogen and oxygen atoms in total. The normalized spacial score (nSPS) is 10.8. The average molecular weight is 291 g/mol. The van der Waals surface area contributed by atoms with Crippen molar-refractivity contribution >= 4 is 5.69 Å². The molecule has 1 aromatic carbocycles. The van der Waals surface area contributed by atoms with Crippen LogP contribution in [-0.4, -0.2) is 46.8 Å². The maximum absolute atomic E-state index is 13.1. The highest BCUT2D eigenvalue weighted by atomic mass is 19.1. The van der Waals surface area contributed by atoms with Crippen LogP contribution in [0.4, 0.5) is 14.5 Å². The molecule has 0 spiro atoms. The molecule has 0 aliphatic heterocycles. The van der Waals surface area contributed by atoms with Crippen LogP contribution in [0.2, 0.25) is 0 Å². The van der Waals surface area contributed by atoms with Gasteiger partial charge in [0.1, 0.15) is 23.9 Å². The molecule has 0 radical (unpaired) electrons. The molecule has 0 amide bonds. The predicted molar refractivity (Wildman–Crippen MR) is 69.8 cm³/mol. The zero-order valence-electron chi connectivity index (χ0n) is 11.4. The Morgan fingerprint density at radius 1 is 0.950 bits per heavy atom. The Morgan fingerprint density at radius 2 is 1.55 bits per heavy atom. The number of methoxy groups -OCH3 is 1. The van der Waals surface area contributed by atoms with E-state index in [9.17, 15) is 8.78 Å². The van der Waals surface area contributed by atoms with Gasteiger partial charge in [0.2, 0.25) is 0 Å². The Bertz CT molecular complexity index is 404. The first kappa shape index (κ1) is 16.6. The van der Waals surface area contributed by atoms with Gasteiger partial charge in [-0.15, -0.1) is 0 Å². The Hall–Kier alpha value is -1.44. The lowest BCUT2D eigenvalue weighted by molar-refractivity contribution is 0.0180. The van der Waals surface area contributed by atoms with Crippen LogP contribution in [0, 0.1) is 11.6 Å². The Labute approximate surface area is 116 Å². The van der Waals surface area contributed by atoms with Crippen LogP contribution in [0.25, 0.3) is 0 Å². The van der Waals surface area contributed by atoms with E-state index in [1.807, 2.05) is 0 Å². The summed E-state index contributed by atoms with van der Waals surface area (Å²) in [7, 11) is 1.60. The number of benzene rings is 1. The molecule has 1 rings (SSSR count). The number of rotatable bonds is 10. The molecule has 0 unspecified atom stereocenters. The summed E-state index contributed by atoms with van der Waals surface area (Å²) < 4.78 is 46.4. The van der Waals surface area contributed by atoms with Crippen molar-refractivity contribution in [3.63, 3.8) is 0 Å². The van der Waals surface area contributed by atoms with Crippen molar-refractivity contribution in [2.75, 3.05) is 52.5 Å². The van der Waals surface area contributed by atoms with Crippen molar-refractivity contribution in [2.24, 2.45) is 0 Å². The van der Waals surface area contributed by atoms with Crippen molar-refractivity contribution in [2.45, 2.75) is 0 Å². The molecule has 0 saturated heterocycles. The predicted octanol–water partition coefficient (Wildman–Crippen LogP) is 1.61. The molecular formula is C13H19F2NO4. The van der Waals surface area contributed by atoms with Gasteiger partial charge in [0.25, 0.3) is 0 Å². The molecule has 114 valence electrons. The van der Waals surface area contributed by atoms with Crippen LogP contribution in [0.1, 0.15) is 0 Å². The first-order valence-corrected chi connectivity index (χ1v) is 6.17. The fourth-order valence-corrected chi connectivity index (χ4v) is 1.36. The SMILES string of the molecule is COCCOCCOCCOc1cc(F)cc(F)c1N. The third-order valence-corrected chi connectivity index (χ3v) is 2.35. The van der Waals surface area contributed by atoms with Gasteiger partial charge in [-0.1, -0.05) is 0 Å². The molecule has 0 atom stereocenters. The Kier molecular flexibility index (Phi) is 7.86. The number of hydrogen-bond donors (Lipinski definition) is 1. The van der Waals surface area contributed by atoms with E-state index < -0.39 is 11.6 Å². The molecule has 0 aliphatic carbocycles. The van der Waals surface area contributed by atoms with Gasteiger partial charge in [0, 0.05) is 19.2 Å². The van der Waals surface area contributed by atoms with Crippen molar-refractivity contribution in [3.05, 3.63) is 23.8 Å². The highest BCUT2D eigenvalue weighted by molar-refractivity contribution is 5.53. The monoisotopic (exact) mass is 291 g/mol. The van der Waals surface area contributed by atoms with Gasteiger partial charge in [0.15, 0.2) is 5.82 Å². The van der Waals surface area contributed by atoms with E-state index in [0.717, 1.165) is 6.07 Å². The second-order valence-corrected chi connectivity index (χ2v) is 3.87. The van der Waals surface area contributed by atoms with Crippen LogP contribution in [0.3, 0.4) is 0 Å². The summed E-state index contributed by atoms with van der Waals surface area (Å²) in [5.41, 5.74) is 5.21. The van der Waals surface area contributed by atoms with Gasteiger partial charge >= 0.3 is 0 Å². The van der Waals surface area contributed by atoms with Crippen molar-refractivity contribution in [1.29, 1.82) is 0 Å². The fourth-order valence-electron chi connectivity index (χ4n) is 1.36. The van der Waals surface area contributed by atoms with E-state index in [-0.39, 0.29) is 24.7 Å². The molecule has 7 heteroatoms. The summed E-state index contributed by atoms with van der Waals surface area (Å²) >= 11 is 0. The molecule has 0 saturated carbocycles.